The second kappa shape index (κ2) is 5.83. The molecule has 1 heterocycles. The number of H-pyrrole nitrogens is 1. The third-order valence-corrected chi connectivity index (χ3v) is 3.35. The topological polar surface area (TPSA) is 130 Å². The van der Waals surface area contributed by atoms with Crippen molar-refractivity contribution >= 4 is 5.82 Å². The van der Waals surface area contributed by atoms with E-state index in [-0.39, 0.29) is 22.5 Å². The van der Waals surface area contributed by atoms with Crippen molar-refractivity contribution in [3.8, 4) is 29.3 Å². The number of nitrogens with zero attached hydrogens (tertiary/aromatic N) is 3. The molecule has 0 fully saturated rings. The van der Waals surface area contributed by atoms with E-state index < -0.39 is 5.56 Å². The summed E-state index contributed by atoms with van der Waals surface area (Å²) in [5.74, 6) is -0.0760. The summed E-state index contributed by atoms with van der Waals surface area (Å²) in [6, 6.07) is 10.7. The lowest BCUT2D eigenvalue weighted by Gasteiger charge is -2.12. The van der Waals surface area contributed by atoms with Crippen LogP contribution in [0.25, 0.3) is 11.1 Å². The molecule has 0 radical (unpaired) electrons. The standard InChI is InChI=1S/C16H11N5O/c1-2-10-5-9(6-17)3-4-11(10)14-12(7-18)15(20)21-16(22)13(14)8-19/h3-5H,2H2,1H3,(H3,20,21,22). The SMILES string of the molecule is CCc1cc(C#N)ccc1-c1c(C#N)c(N)[nH]c(=O)c1C#N. The van der Waals surface area contributed by atoms with Crippen LogP contribution in [0, 0.1) is 34.0 Å². The lowest BCUT2D eigenvalue weighted by molar-refractivity contribution is 1.13. The van der Waals surface area contributed by atoms with Crippen molar-refractivity contribution in [3.63, 3.8) is 0 Å². The van der Waals surface area contributed by atoms with Gasteiger partial charge in [-0.1, -0.05) is 13.0 Å². The van der Waals surface area contributed by atoms with Crippen LogP contribution in [0.3, 0.4) is 0 Å². The van der Waals surface area contributed by atoms with E-state index in [1.807, 2.05) is 25.1 Å². The van der Waals surface area contributed by atoms with Crippen molar-refractivity contribution in [2.24, 2.45) is 0 Å². The van der Waals surface area contributed by atoms with Crippen LogP contribution in [0.4, 0.5) is 5.82 Å². The molecule has 2 aromatic rings. The summed E-state index contributed by atoms with van der Waals surface area (Å²) in [7, 11) is 0. The summed E-state index contributed by atoms with van der Waals surface area (Å²) in [4.78, 5) is 14.2. The Balaban J connectivity index is 2.96. The van der Waals surface area contributed by atoms with Gasteiger partial charge in [-0.3, -0.25) is 4.79 Å². The van der Waals surface area contributed by atoms with E-state index in [2.05, 4.69) is 4.98 Å². The molecule has 0 aliphatic carbocycles. The van der Waals surface area contributed by atoms with Crippen LogP contribution >= 0.6 is 0 Å². The summed E-state index contributed by atoms with van der Waals surface area (Å²) in [6.07, 6.45) is 0.577. The Morgan fingerprint density at radius 3 is 2.36 bits per heavy atom. The Labute approximate surface area is 126 Å². The maximum Gasteiger partial charge on any atom is 0.268 e. The molecule has 0 amide bonds. The van der Waals surface area contributed by atoms with E-state index in [1.165, 1.54) is 0 Å². The van der Waals surface area contributed by atoms with Crippen LogP contribution in [-0.4, -0.2) is 4.98 Å². The van der Waals surface area contributed by atoms with Crippen LogP contribution in [0.2, 0.25) is 0 Å². The van der Waals surface area contributed by atoms with Gasteiger partial charge in [-0.15, -0.1) is 0 Å². The number of aryl methyl sites for hydroxylation is 1. The number of nitrogen functional groups attached to an aromatic ring is 1. The van der Waals surface area contributed by atoms with E-state index in [9.17, 15) is 15.3 Å². The number of hydrogen-bond donors (Lipinski definition) is 2. The van der Waals surface area contributed by atoms with Gasteiger partial charge in [0.1, 0.15) is 29.1 Å². The largest absolute Gasteiger partial charge is 0.384 e. The van der Waals surface area contributed by atoms with Crippen molar-refractivity contribution in [1.29, 1.82) is 15.8 Å². The smallest absolute Gasteiger partial charge is 0.268 e. The lowest BCUT2D eigenvalue weighted by Crippen LogP contribution is -2.16. The monoisotopic (exact) mass is 289 g/mol. The zero-order valence-corrected chi connectivity index (χ0v) is 11.8. The zero-order chi connectivity index (χ0) is 16.3. The molecular formula is C16H11N5O. The molecular weight excluding hydrogens is 278 g/mol. The van der Waals surface area contributed by atoms with E-state index in [0.29, 0.717) is 17.5 Å². The number of aromatic amines is 1. The van der Waals surface area contributed by atoms with Crippen LogP contribution in [0.1, 0.15) is 29.2 Å². The van der Waals surface area contributed by atoms with Crippen LogP contribution in [0.5, 0.6) is 0 Å². The maximum atomic E-state index is 11.9. The van der Waals surface area contributed by atoms with Gasteiger partial charge in [-0.05, 0) is 29.7 Å². The van der Waals surface area contributed by atoms with E-state index in [0.717, 1.165) is 5.56 Å². The van der Waals surface area contributed by atoms with Gasteiger partial charge in [0.15, 0.2) is 0 Å². The minimum Gasteiger partial charge on any atom is -0.384 e. The number of hydrogen-bond acceptors (Lipinski definition) is 5. The van der Waals surface area contributed by atoms with Gasteiger partial charge in [0.25, 0.3) is 5.56 Å². The highest BCUT2D eigenvalue weighted by Gasteiger charge is 2.20. The van der Waals surface area contributed by atoms with Crippen molar-refractivity contribution in [2.45, 2.75) is 13.3 Å². The van der Waals surface area contributed by atoms with Crippen LogP contribution < -0.4 is 11.3 Å². The van der Waals surface area contributed by atoms with Crippen molar-refractivity contribution in [1.82, 2.24) is 4.98 Å². The quantitative estimate of drug-likeness (QED) is 0.870. The Kier molecular flexibility index (Phi) is 3.93. The number of aromatic nitrogens is 1. The molecule has 0 saturated heterocycles. The Bertz CT molecular complexity index is 935. The summed E-state index contributed by atoms with van der Waals surface area (Å²) in [6.45, 7) is 1.88. The predicted molar refractivity (Wildman–Crippen MR) is 80.4 cm³/mol. The van der Waals surface area contributed by atoms with Gasteiger partial charge >= 0.3 is 0 Å². The predicted octanol–water partition coefficient (Wildman–Crippen LogP) is 1.80. The van der Waals surface area contributed by atoms with Gasteiger partial charge in [0.2, 0.25) is 0 Å². The fraction of sp³-hybridized carbons (Fsp3) is 0.125. The minimum atomic E-state index is -0.639. The van der Waals surface area contributed by atoms with Gasteiger partial charge in [-0.2, -0.15) is 15.8 Å². The molecule has 2 rings (SSSR count). The molecule has 6 heteroatoms. The number of anilines is 1. The Hall–Kier alpha value is -3.56. The fourth-order valence-corrected chi connectivity index (χ4v) is 2.31. The number of nitriles is 3. The van der Waals surface area contributed by atoms with E-state index in [1.54, 1.807) is 18.2 Å². The lowest BCUT2D eigenvalue weighted by atomic mass is 9.91. The first-order chi connectivity index (χ1) is 10.6. The zero-order valence-electron chi connectivity index (χ0n) is 11.8. The summed E-state index contributed by atoms with van der Waals surface area (Å²) in [5, 5.41) is 27.6. The second-order valence-electron chi connectivity index (χ2n) is 4.55. The Morgan fingerprint density at radius 2 is 1.82 bits per heavy atom. The molecule has 3 N–H and O–H groups in total. The van der Waals surface area contributed by atoms with Gasteiger partial charge in [0.05, 0.1) is 11.6 Å². The first kappa shape index (κ1) is 14.8. The van der Waals surface area contributed by atoms with E-state index in [4.69, 9.17) is 11.0 Å². The highest BCUT2D eigenvalue weighted by Crippen LogP contribution is 2.31. The second-order valence-corrected chi connectivity index (χ2v) is 4.55. The molecule has 0 aliphatic rings. The van der Waals surface area contributed by atoms with Crippen LogP contribution in [0.15, 0.2) is 23.0 Å². The molecule has 0 aliphatic heterocycles. The third-order valence-electron chi connectivity index (χ3n) is 3.35. The average Bonchev–Trinajstić information content (AvgIpc) is 2.53. The first-order valence-corrected chi connectivity index (χ1v) is 6.46. The molecule has 0 saturated carbocycles. The maximum absolute atomic E-state index is 11.9. The van der Waals surface area contributed by atoms with Crippen LogP contribution in [-0.2, 0) is 6.42 Å². The Morgan fingerprint density at radius 1 is 1.14 bits per heavy atom. The number of nitrogens with one attached hydrogen (secondary N) is 1. The molecule has 1 aromatic carbocycles. The third kappa shape index (κ3) is 2.28. The molecule has 22 heavy (non-hydrogen) atoms. The highest BCUT2D eigenvalue weighted by atomic mass is 16.1. The normalized spacial score (nSPS) is 9.55. The van der Waals surface area contributed by atoms with Gasteiger partial charge in [0, 0.05) is 5.56 Å². The molecule has 106 valence electrons. The summed E-state index contributed by atoms with van der Waals surface area (Å²) < 4.78 is 0. The van der Waals surface area contributed by atoms with Gasteiger partial charge < -0.3 is 10.7 Å². The molecule has 0 bridgehead atoms. The van der Waals surface area contributed by atoms with Crippen molar-refractivity contribution in [2.75, 3.05) is 5.73 Å². The summed E-state index contributed by atoms with van der Waals surface area (Å²) >= 11 is 0. The van der Waals surface area contributed by atoms with Crippen molar-refractivity contribution < 1.29 is 0 Å². The minimum absolute atomic E-state index is 0.0514. The number of pyridine rings is 1. The number of benzene rings is 1. The number of nitrogens with two attached hydrogens (primary N) is 1. The van der Waals surface area contributed by atoms with Crippen molar-refractivity contribution in [3.05, 3.63) is 50.8 Å². The molecule has 6 nitrogen and oxygen atoms in total. The molecule has 0 atom stereocenters. The molecule has 0 unspecified atom stereocenters. The van der Waals surface area contributed by atoms with E-state index >= 15 is 0 Å². The average molecular weight is 289 g/mol. The summed E-state index contributed by atoms with van der Waals surface area (Å²) in [5.41, 5.74) is 6.96. The highest BCUT2D eigenvalue weighted by molar-refractivity contribution is 5.82. The first-order valence-electron chi connectivity index (χ1n) is 6.46. The fourth-order valence-electron chi connectivity index (χ4n) is 2.31. The molecule has 0 spiro atoms. The molecule has 1 aromatic heterocycles. The number of rotatable bonds is 2. The van der Waals surface area contributed by atoms with Gasteiger partial charge in [-0.25, -0.2) is 0 Å².